The van der Waals surface area contributed by atoms with Crippen LogP contribution in [0.4, 0.5) is 4.39 Å². The van der Waals surface area contributed by atoms with Gasteiger partial charge in [-0.05, 0) is 36.6 Å². The topological polar surface area (TPSA) is 47.3 Å². The number of halogens is 2. The van der Waals surface area contributed by atoms with Gasteiger partial charge < -0.3 is 4.74 Å². The smallest absolute Gasteiger partial charge is 0.131 e. The van der Waals surface area contributed by atoms with E-state index in [1.165, 1.54) is 13.2 Å². The lowest BCUT2D eigenvalue weighted by atomic mass is 9.98. The molecule has 2 aromatic carbocycles. The van der Waals surface area contributed by atoms with Crippen molar-refractivity contribution >= 4 is 11.6 Å². The first-order valence-corrected chi connectivity index (χ1v) is 6.97. The van der Waals surface area contributed by atoms with Crippen LogP contribution in [0.25, 0.3) is 0 Å². The van der Waals surface area contributed by atoms with Crippen LogP contribution in [-0.4, -0.2) is 7.11 Å². The minimum atomic E-state index is -0.365. The van der Waals surface area contributed by atoms with Gasteiger partial charge in [0.2, 0.25) is 0 Å². The number of benzene rings is 2. The summed E-state index contributed by atoms with van der Waals surface area (Å²) in [6.07, 6.45) is 0.499. The molecule has 3 nitrogen and oxygen atoms in total. The molecule has 0 amide bonds. The maximum absolute atomic E-state index is 14.1. The Balaban J connectivity index is 2.27. The SMILES string of the molecule is COc1ccc(C(Cc2ccc(C)cc2Cl)NN)c(F)c1. The number of hydrogen-bond acceptors (Lipinski definition) is 3. The highest BCUT2D eigenvalue weighted by atomic mass is 35.5. The summed E-state index contributed by atoms with van der Waals surface area (Å²) in [6.45, 7) is 1.97. The summed E-state index contributed by atoms with van der Waals surface area (Å²) in [5.41, 5.74) is 5.13. The van der Waals surface area contributed by atoms with Crippen molar-refractivity contribution in [2.24, 2.45) is 5.84 Å². The molecule has 0 heterocycles. The summed E-state index contributed by atoms with van der Waals surface area (Å²) in [7, 11) is 1.50. The van der Waals surface area contributed by atoms with Gasteiger partial charge in [0.1, 0.15) is 11.6 Å². The monoisotopic (exact) mass is 308 g/mol. The highest BCUT2D eigenvalue weighted by Crippen LogP contribution is 2.27. The number of aryl methyl sites for hydroxylation is 1. The maximum atomic E-state index is 14.1. The van der Waals surface area contributed by atoms with E-state index in [0.717, 1.165) is 11.1 Å². The number of nitrogens with two attached hydrogens (primary N) is 1. The fourth-order valence-electron chi connectivity index (χ4n) is 2.21. The van der Waals surface area contributed by atoms with Crippen LogP contribution in [0.15, 0.2) is 36.4 Å². The normalized spacial score (nSPS) is 12.2. The molecule has 1 unspecified atom stereocenters. The van der Waals surface area contributed by atoms with Crippen LogP contribution in [0.1, 0.15) is 22.7 Å². The summed E-state index contributed by atoms with van der Waals surface area (Å²) in [5, 5.41) is 0.657. The van der Waals surface area contributed by atoms with E-state index in [4.69, 9.17) is 22.2 Å². The molecule has 0 spiro atoms. The van der Waals surface area contributed by atoms with Crippen LogP contribution in [0, 0.1) is 12.7 Å². The van der Waals surface area contributed by atoms with E-state index in [1.807, 2.05) is 25.1 Å². The molecule has 5 heteroatoms. The Morgan fingerprint density at radius 1 is 1.29 bits per heavy atom. The van der Waals surface area contributed by atoms with Gasteiger partial charge in [-0.15, -0.1) is 0 Å². The first-order chi connectivity index (χ1) is 10.0. The number of ether oxygens (including phenoxy) is 1. The lowest BCUT2D eigenvalue weighted by Gasteiger charge is -2.18. The van der Waals surface area contributed by atoms with Crippen LogP contribution >= 0.6 is 11.6 Å². The van der Waals surface area contributed by atoms with Gasteiger partial charge in [0.15, 0.2) is 0 Å². The lowest BCUT2D eigenvalue weighted by Crippen LogP contribution is -2.30. The van der Waals surface area contributed by atoms with E-state index in [0.29, 0.717) is 22.8 Å². The Bertz CT molecular complexity index is 634. The van der Waals surface area contributed by atoms with Crippen molar-refractivity contribution in [1.29, 1.82) is 0 Å². The second-order valence-electron chi connectivity index (χ2n) is 4.91. The third-order valence-corrected chi connectivity index (χ3v) is 3.77. The zero-order chi connectivity index (χ0) is 15.4. The van der Waals surface area contributed by atoms with Gasteiger partial charge in [-0.3, -0.25) is 11.3 Å². The van der Waals surface area contributed by atoms with Crippen molar-refractivity contribution in [2.45, 2.75) is 19.4 Å². The molecule has 0 fully saturated rings. The van der Waals surface area contributed by atoms with Crippen LogP contribution in [0.2, 0.25) is 5.02 Å². The highest BCUT2D eigenvalue weighted by Gasteiger charge is 2.17. The Morgan fingerprint density at radius 2 is 2.05 bits per heavy atom. The molecule has 0 aliphatic heterocycles. The molecular weight excluding hydrogens is 291 g/mol. The average Bonchev–Trinajstić information content (AvgIpc) is 2.47. The van der Waals surface area contributed by atoms with Gasteiger partial charge >= 0.3 is 0 Å². The van der Waals surface area contributed by atoms with Crippen molar-refractivity contribution in [3.63, 3.8) is 0 Å². The van der Waals surface area contributed by atoms with Gasteiger partial charge in [-0.25, -0.2) is 4.39 Å². The molecule has 0 aliphatic rings. The minimum Gasteiger partial charge on any atom is -0.497 e. The number of hydrazine groups is 1. The van der Waals surface area contributed by atoms with Crippen LogP contribution in [-0.2, 0) is 6.42 Å². The van der Waals surface area contributed by atoms with Gasteiger partial charge in [-0.1, -0.05) is 29.8 Å². The fourth-order valence-corrected chi connectivity index (χ4v) is 2.53. The van der Waals surface area contributed by atoms with E-state index < -0.39 is 0 Å². The maximum Gasteiger partial charge on any atom is 0.131 e. The number of nitrogens with one attached hydrogen (secondary N) is 1. The Morgan fingerprint density at radius 3 is 2.62 bits per heavy atom. The molecule has 2 aromatic rings. The molecule has 0 aliphatic carbocycles. The van der Waals surface area contributed by atoms with Gasteiger partial charge in [-0.2, -0.15) is 0 Å². The van der Waals surface area contributed by atoms with Gasteiger partial charge in [0.05, 0.1) is 13.2 Å². The van der Waals surface area contributed by atoms with Gasteiger partial charge in [0, 0.05) is 16.7 Å². The summed E-state index contributed by atoms with van der Waals surface area (Å²) in [4.78, 5) is 0. The first-order valence-electron chi connectivity index (χ1n) is 6.59. The van der Waals surface area contributed by atoms with Crippen LogP contribution in [0.5, 0.6) is 5.75 Å². The van der Waals surface area contributed by atoms with Crippen LogP contribution in [0.3, 0.4) is 0 Å². The fraction of sp³-hybridized carbons (Fsp3) is 0.250. The summed E-state index contributed by atoms with van der Waals surface area (Å²) < 4.78 is 19.1. The molecule has 1 atom stereocenters. The highest BCUT2D eigenvalue weighted by molar-refractivity contribution is 6.31. The molecule has 0 saturated carbocycles. The van der Waals surface area contributed by atoms with Crippen molar-refractivity contribution in [3.05, 3.63) is 63.9 Å². The predicted octanol–water partition coefficient (Wildman–Crippen LogP) is 3.54. The summed E-state index contributed by atoms with van der Waals surface area (Å²) in [5.74, 6) is 5.69. The zero-order valence-electron chi connectivity index (χ0n) is 12.0. The Labute approximate surface area is 128 Å². The quantitative estimate of drug-likeness (QED) is 0.656. The largest absolute Gasteiger partial charge is 0.497 e. The second kappa shape index (κ2) is 6.89. The molecule has 112 valence electrons. The van der Waals surface area contributed by atoms with E-state index >= 15 is 0 Å². The molecule has 0 bridgehead atoms. The van der Waals surface area contributed by atoms with Crippen LogP contribution < -0.4 is 16.0 Å². The number of rotatable bonds is 5. The first kappa shape index (κ1) is 15.8. The molecule has 2 rings (SSSR count). The van der Waals surface area contributed by atoms with E-state index in [1.54, 1.807) is 12.1 Å². The third-order valence-electron chi connectivity index (χ3n) is 3.42. The van der Waals surface area contributed by atoms with E-state index in [-0.39, 0.29) is 11.9 Å². The molecule has 0 aromatic heterocycles. The van der Waals surface area contributed by atoms with Crippen molar-refractivity contribution in [3.8, 4) is 5.75 Å². The molecule has 0 saturated heterocycles. The van der Waals surface area contributed by atoms with Crippen molar-refractivity contribution in [2.75, 3.05) is 7.11 Å². The van der Waals surface area contributed by atoms with E-state index in [2.05, 4.69) is 5.43 Å². The second-order valence-corrected chi connectivity index (χ2v) is 5.31. The average molecular weight is 309 g/mol. The zero-order valence-corrected chi connectivity index (χ0v) is 12.7. The molecule has 0 radical (unpaired) electrons. The molecule has 3 N–H and O–H groups in total. The number of methoxy groups -OCH3 is 1. The standard InChI is InChI=1S/C16H18ClFN2O/c1-10-3-4-11(14(17)7-10)8-16(20-19)13-6-5-12(21-2)9-15(13)18/h3-7,9,16,20H,8,19H2,1-2H3. The third kappa shape index (κ3) is 3.73. The lowest BCUT2D eigenvalue weighted by molar-refractivity contribution is 0.409. The van der Waals surface area contributed by atoms with E-state index in [9.17, 15) is 4.39 Å². The molecular formula is C16H18ClFN2O. The van der Waals surface area contributed by atoms with Gasteiger partial charge in [0.25, 0.3) is 0 Å². The Hall–Kier alpha value is -1.62. The van der Waals surface area contributed by atoms with Crippen molar-refractivity contribution < 1.29 is 9.13 Å². The Kier molecular flexibility index (Phi) is 5.17. The molecule has 21 heavy (non-hydrogen) atoms. The minimum absolute atomic E-state index is 0.361. The summed E-state index contributed by atoms with van der Waals surface area (Å²) in [6, 6.07) is 10.1. The van der Waals surface area contributed by atoms with Crippen molar-refractivity contribution in [1.82, 2.24) is 5.43 Å². The summed E-state index contributed by atoms with van der Waals surface area (Å²) >= 11 is 6.22. The predicted molar refractivity (Wildman–Crippen MR) is 82.9 cm³/mol. The number of hydrogen-bond donors (Lipinski definition) is 2.